The smallest absolute Gasteiger partial charge is 0.352 e. The van der Waals surface area contributed by atoms with Crippen molar-refractivity contribution in [3.8, 4) is 11.4 Å². The molecule has 0 fully saturated rings. The number of carbonyl (C=O) groups is 1. The number of nitrogens with zero attached hydrogens (tertiary/aromatic N) is 1. The number of fused-ring (bicyclic) bond motifs is 1. The Hall–Kier alpha value is -2.01. The second kappa shape index (κ2) is 4.28. The molecule has 3 aromatic rings. The van der Waals surface area contributed by atoms with Gasteiger partial charge in [0.25, 0.3) is 0 Å². The van der Waals surface area contributed by atoms with Crippen molar-refractivity contribution in [2.75, 3.05) is 0 Å². The highest BCUT2D eigenvalue weighted by atomic mass is 79.9. The monoisotopic (exact) mass is 318 g/mol. The molecular formula is C14H11BrN2O2. The quantitative estimate of drug-likeness (QED) is 0.758. The number of nitrogens with one attached hydrogen (secondary N) is 1. The molecular weight excluding hydrogens is 308 g/mol. The number of H-pyrrole nitrogens is 1. The van der Waals surface area contributed by atoms with Crippen LogP contribution in [-0.2, 0) is 7.05 Å². The number of para-hydroxylation sites is 1. The fraction of sp³-hybridized carbons (Fsp3) is 0.0714. The third-order valence-corrected chi connectivity index (χ3v) is 3.84. The van der Waals surface area contributed by atoms with Gasteiger partial charge in [0.05, 0.1) is 16.9 Å². The predicted octanol–water partition coefficient (Wildman–Crippen LogP) is 3.63. The van der Waals surface area contributed by atoms with Gasteiger partial charge in [0.2, 0.25) is 0 Å². The van der Waals surface area contributed by atoms with E-state index in [0.717, 1.165) is 26.8 Å². The van der Waals surface area contributed by atoms with Crippen LogP contribution in [0.15, 0.2) is 40.9 Å². The van der Waals surface area contributed by atoms with Gasteiger partial charge in [0.1, 0.15) is 5.69 Å². The molecule has 96 valence electrons. The third-order valence-electron chi connectivity index (χ3n) is 3.20. The lowest BCUT2D eigenvalue weighted by Gasteiger charge is -2.03. The Kier molecular flexibility index (Phi) is 2.71. The summed E-state index contributed by atoms with van der Waals surface area (Å²) in [6.07, 6.45) is 0. The minimum atomic E-state index is -0.953. The van der Waals surface area contributed by atoms with E-state index in [0.29, 0.717) is 0 Å². The fourth-order valence-corrected chi connectivity index (χ4v) is 2.94. The van der Waals surface area contributed by atoms with Gasteiger partial charge in [-0.05, 0) is 40.2 Å². The average Bonchev–Trinajstić information content (AvgIpc) is 2.95. The number of aromatic carboxylic acids is 1. The van der Waals surface area contributed by atoms with Gasteiger partial charge >= 0.3 is 5.97 Å². The predicted molar refractivity (Wildman–Crippen MR) is 77.4 cm³/mol. The van der Waals surface area contributed by atoms with E-state index in [1.165, 1.54) is 0 Å². The van der Waals surface area contributed by atoms with Gasteiger partial charge < -0.3 is 14.7 Å². The molecule has 0 radical (unpaired) electrons. The van der Waals surface area contributed by atoms with E-state index >= 15 is 0 Å². The number of rotatable bonds is 2. The van der Waals surface area contributed by atoms with Gasteiger partial charge in [0, 0.05) is 16.9 Å². The molecule has 0 aliphatic heterocycles. The average molecular weight is 319 g/mol. The van der Waals surface area contributed by atoms with Crippen molar-refractivity contribution in [3.63, 3.8) is 0 Å². The summed E-state index contributed by atoms with van der Waals surface area (Å²) in [5, 5.41) is 10.1. The van der Waals surface area contributed by atoms with E-state index in [4.69, 9.17) is 5.11 Å². The summed E-state index contributed by atoms with van der Waals surface area (Å²) in [5.41, 5.74) is 3.03. The van der Waals surface area contributed by atoms with Crippen molar-refractivity contribution >= 4 is 32.8 Å². The summed E-state index contributed by atoms with van der Waals surface area (Å²) < 4.78 is 3.06. The van der Waals surface area contributed by atoms with Crippen LogP contribution in [0.5, 0.6) is 0 Å². The maximum Gasteiger partial charge on any atom is 0.352 e. The van der Waals surface area contributed by atoms with Crippen LogP contribution in [0.2, 0.25) is 0 Å². The van der Waals surface area contributed by atoms with Gasteiger partial charge in [-0.15, -0.1) is 0 Å². The second-order valence-electron chi connectivity index (χ2n) is 4.36. The minimum absolute atomic E-state index is 0.194. The molecule has 2 N–H and O–H groups in total. The summed E-state index contributed by atoms with van der Waals surface area (Å²) in [6, 6.07) is 11.4. The number of halogens is 1. The summed E-state index contributed by atoms with van der Waals surface area (Å²) in [6.45, 7) is 0. The van der Waals surface area contributed by atoms with E-state index < -0.39 is 5.97 Å². The molecule has 0 aliphatic rings. The van der Waals surface area contributed by atoms with Crippen molar-refractivity contribution in [3.05, 3.63) is 46.6 Å². The van der Waals surface area contributed by atoms with E-state index in [2.05, 4.69) is 20.9 Å². The Morgan fingerprint density at radius 2 is 2.11 bits per heavy atom. The van der Waals surface area contributed by atoms with Gasteiger partial charge in [-0.3, -0.25) is 0 Å². The van der Waals surface area contributed by atoms with Crippen LogP contribution in [0, 0.1) is 0 Å². The zero-order valence-corrected chi connectivity index (χ0v) is 11.7. The molecule has 2 heterocycles. The highest BCUT2D eigenvalue weighted by molar-refractivity contribution is 9.10. The maximum absolute atomic E-state index is 10.9. The number of hydrogen-bond donors (Lipinski definition) is 2. The van der Waals surface area contributed by atoms with Crippen LogP contribution in [0.4, 0.5) is 0 Å². The molecule has 0 atom stereocenters. The zero-order valence-electron chi connectivity index (χ0n) is 10.1. The largest absolute Gasteiger partial charge is 0.477 e. The molecule has 2 aromatic heterocycles. The molecule has 4 nitrogen and oxygen atoms in total. The first-order chi connectivity index (χ1) is 9.08. The first-order valence-electron chi connectivity index (χ1n) is 5.74. The van der Waals surface area contributed by atoms with E-state index in [-0.39, 0.29) is 5.69 Å². The zero-order chi connectivity index (χ0) is 13.6. The molecule has 0 aliphatic carbocycles. The summed E-state index contributed by atoms with van der Waals surface area (Å²) >= 11 is 3.54. The number of carboxylic acids is 1. The highest BCUT2D eigenvalue weighted by Crippen LogP contribution is 2.31. The molecule has 0 spiro atoms. The van der Waals surface area contributed by atoms with E-state index in [9.17, 15) is 4.79 Å². The Labute approximate surface area is 117 Å². The lowest BCUT2D eigenvalue weighted by atomic mass is 10.2. The Bertz CT molecular complexity index is 786. The van der Waals surface area contributed by atoms with Crippen molar-refractivity contribution in [1.82, 2.24) is 9.55 Å². The van der Waals surface area contributed by atoms with Gasteiger partial charge in [0.15, 0.2) is 0 Å². The van der Waals surface area contributed by atoms with Gasteiger partial charge in [-0.1, -0.05) is 12.1 Å². The normalized spacial score (nSPS) is 11.1. The molecule has 0 unspecified atom stereocenters. The molecule has 3 rings (SSSR count). The van der Waals surface area contributed by atoms with Crippen molar-refractivity contribution < 1.29 is 9.90 Å². The standard InChI is InChI=1S/C14H11BrN2O2/c1-17-12(10-5-6-11(16-10)14(18)19)7-8-3-2-4-9(15)13(8)17/h2-7,16H,1H3,(H,18,19). The van der Waals surface area contributed by atoms with Crippen LogP contribution in [0.3, 0.4) is 0 Å². The molecule has 0 amide bonds. The van der Waals surface area contributed by atoms with Crippen LogP contribution < -0.4 is 0 Å². The van der Waals surface area contributed by atoms with Crippen molar-refractivity contribution in [1.29, 1.82) is 0 Å². The lowest BCUT2D eigenvalue weighted by molar-refractivity contribution is 0.0691. The molecule has 1 aromatic carbocycles. The van der Waals surface area contributed by atoms with Crippen LogP contribution in [-0.4, -0.2) is 20.6 Å². The van der Waals surface area contributed by atoms with Crippen LogP contribution >= 0.6 is 15.9 Å². The number of aromatic amines is 1. The second-order valence-corrected chi connectivity index (χ2v) is 5.21. The maximum atomic E-state index is 10.9. The number of aryl methyl sites for hydroxylation is 1. The van der Waals surface area contributed by atoms with Gasteiger partial charge in [-0.25, -0.2) is 4.79 Å². The van der Waals surface area contributed by atoms with E-state index in [1.807, 2.05) is 35.9 Å². The fourth-order valence-electron chi connectivity index (χ4n) is 2.29. The molecule has 0 saturated heterocycles. The SMILES string of the molecule is Cn1c(-c2ccc(C(=O)O)[nH]2)cc2cccc(Br)c21. The van der Waals surface area contributed by atoms with Crippen LogP contribution in [0.25, 0.3) is 22.3 Å². The first-order valence-corrected chi connectivity index (χ1v) is 6.54. The van der Waals surface area contributed by atoms with Crippen LogP contribution in [0.1, 0.15) is 10.5 Å². The third kappa shape index (κ3) is 1.86. The number of hydrogen-bond acceptors (Lipinski definition) is 1. The number of benzene rings is 1. The Morgan fingerprint density at radius 3 is 2.74 bits per heavy atom. The van der Waals surface area contributed by atoms with Crippen molar-refractivity contribution in [2.24, 2.45) is 7.05 Å². The summed E-state index contributed by atoms with van der Waals surface area (Å²) in [5.74, 6) is -0.953. The Balaban J connectivity index is 2.22. The summed E-state index contributed by atoms with van der Waals surface area (Å²) in [4.78, 5) is 13.8. The molecule has 19 heavy (non-hydrogen) atoms. The lowest BCUT2D eigenvalue weighted by Crippen LogP contribution is -1.97. The minimum Gasteiger partial charge on any atom is -0.477 e. The number of aromatic nitrogens is 2. The molecule has 5 heteroatoms. The topological polar surface area (TPSA) is 58.0 Å². The van der Waals surface area contributed by atoms with E-state index in [1.54, 1.807) is 12.1 Å². The first kappa shape index (κ1) is 12.0. The Morgan fingerprint density at radius 1 is 1.32 bits per heavy atom. The molecule has 0 bridgehead atoms. The molecule has 0 saturated carbocycles. The summed E-state index contributed by atoms with van der Waals surface area (Å²) in [7, 11) is 1.96. The van der Waals surface area contributed by atoms with Crippen molar-refractivity contribution in [2.45, 2.75) is 0 Å². The van der Waals surface area contributed by atoms with Gasteiger partial charge in [-0.2, -0.15) is 0 Å². The highest BCUT2D eigenvalue weighted by Gasteiger charge is 2.13. The number of carboxylic acid groups (broad SMARTS) is 1.